The molecule has 4 heteroatoms. The van der Waals surface area contributed by atoms with Crippen molar-refractivity contribution in [2.24, 2.45) is 0 Å². The molecule has 0 spiro atoms. The Morgan fingerprint density at radius 3 is 2.48 bits per heavy atom. The number of Topliss-reactive ketones (excluding diaryl/α,β-unsaturated/α-hetero) is 2. The number of hydrogen-bond acceptors (Lipinski definition) is 4. The molecular formula is C21H18O4. The van der Waals surface area contributed by atoms with E-state index in [2.05, 4.69) is 0 Å². The minimum Gasteiger partial charge on any atom is -0.493 e. The number of ether oxygens (including phenoxy) is 2. The van der Waals surface area contributed by atoms with Crippen LogP contribution >= 0.6 is 0 Å². The highest BCUT2D eigenvalue weighted by Gasteiger charge is 2.33. The minimum absolute atomic E-state index is 0.117. The number of ketones is 2. The van der Waals surface area contributed by atoms with E-state index in [9.17, 15) is 9.59 Å². The summed E-state index contributed by atoms with van der Waals surface area (Å²) in [7, 11) is 0. The average molecular weight is 334 g/mol. The predicted molar refractivity (Wildman–Crippen MR) is 94.5 cm³/mol. The van der Waals surface area contributed by atoms with Gasteiger partial charge in [0.1, 0.15) is 17.6 Å². The van der Waals surface area contributed by atoms with E-state index < -0.39 is 0 Å². The zero-order chi connectivity index (χ0) is 17.6. The van der Waals surface area contributed by atoms with Gasteiger partial charge in [0.05, 0.1) is 12.2 Å². The molecule has 0 saturated carbocycles. The van der Waals surface area contributed by atoms with E-state index >= 15 is 0 Å². The topological polar surface area (TPSA) is 52.6 Å². The molecule has 1 heterocycles. The molecule has 0 radical (unpaired) electrons. The van der Waals surface area contributed by atoms with Gasteiger partial charge in [0.15, 0.2) is 11.6 Å². The fourth-order valence-electron chi connectivity index (χ4n) is 3.41. The van der Waals surface area contributed by atoms with Crippen LogP contribution in [0.25, 0.3) is 6.08 Å². The zero-order valence-electron chi connectivity index (χ0n) is 14.2. The average Bonchev–Trinajstić information content (AvgIpc) is 3.07. The highest BCUT2D eigenvalue weighted by molar-refractivity contribution is 6.41. The van der Waals surface area contributed by atoms with Crippen LogP contribution in [0, 0.1) is 0 Å². The van der Waals surface area contributed by atoms with Gasteiger partial charge in [-0.2, -0.15) is 0 Å². The van der Waals surface area contributed by atoms with E-state index in [0.717, 1.165) is 17.7 Å². The largest absolute Gasteiger partial charge is 0.493 e. The fraction of sp³-hybridized carbons (Fsp3) is 0.238. The van der Waals surface area contributed by atoms with Gasteiger partial charge in [-0.3, -0.25) is 9.59 Å². The SMILES string of the molecule is CCOc1cc2c(cc1C=C1C(=O)c3ccccc3C1=O)O[C@H](C)C2. The number of fused-ring (bicyclic) bond motifs is 2. The van der Waals surface area contributed by atoms with Gasteiger partial charge in [-0.1, -0.05) is 24.3 Å². The molecule has 0 amide bonds. The van der Waals surface area contributed by atoms with Crippen LogP contribution in [0.2, 0.25) is 0 Å². The molecule has 2 aliphatic rings. The molecule has 1 aliphatic heterocycles. The van der Waals surface area contributed by atoms with Crippen LogP contribution in [0.1, 0.15) is 45.7 Å². The third-order valence-electron chi connectivity index (χ3n) is 4.53. The van der Waals surface area contributed by atoms with Gasteiger partial charge < -0.3 is 9.47 Å². The monoisotopic (exact) mass is 334 g/mol. The van der Waals surface area contributed by atoms with Crippen molar-refractivity contribution in [2.45, 2.75) is 26.4 Å². The van der Waals surface area contributed by atoms with Crippen molar-refractivity contribution >= 4 is 17.6 Å². The van der Waals surface area contributed by atoms with Gasteiger partial charge in [0, 0.05) is 28.7 Å². The van der Waals surface area contributed by atoms with Crippen molar-refractivity contribution in [2.75, 3.05) is 6.61 Å². The Morgan fingerprint density at radius 1 is 1.16 bits per heavy atom. The first-order valence-electron chi connectivity index (χ1n) is 8.45. The predicted octanol–water partition coefficient (Wildman–Crippen LogP) is 3.87. The summed E-state index contributed by atoms with van der Waals surface area (Å²) in [4.78, 5) is 25.2. The maximum absolute atomic E-state index is 12.6. The second-order valence-electron chi connectivity index (χ2n) is 6.33. The highest BCUT2D eigenvalue weighted by Crippen LogP contribution is 2.37. The third kappa shape index (κ3) is 2.54. The van der Waals surface area contributed by atoms with Crippen molar-refractivity contribution in [1.29, 1.82) is 0 Å². The molecule has 0 aromatic heterocycles. The molecule has 25 heavy (non-hydrogen) atoms. The van der Waals surface area contributed by atoms with Crippen LogP contribution in [0.3, 0.4) is 0 Å². The van der Waals surface area contributed by atoms with E-state index in [1.54, 1.807) is 30.3 Å². The second kappa shape index (κ2) is 5.88. The van der Waals surface area contributed by atoms with E-state index in [0.29, 0.717) is 29.0 Å². The zero-order valence-corrected chi connectivity index (χ0v) is 14.2. The van der Waals surface area contributed by atoms with Gasteiger partial charge in [-0.05, 0) is 32.1 Å². The molecule has 0 saturated heterocycles. The standard InChI is InChI=1S/C21H18O4/c1-3-24-18-10-13-8-12(2)25-19(13)11-14(18)9-17-20(22)15-6-4-5-7-16(15)21(17)23/h4-7,9-12H,3,8H2,1-2H3/t12-/m1/s1. The Balaban J connectivity index is 1.81. The summed E-state index contributed by atoms with van der Waals surface area (Å²) in [6.07, 6.45) is 2.57. The van der Waals surface area contributed by atoms with Crippen LogP contribution in [-0.4, -0.2) is 24.3 Å². The number of rotatable bonds is 3. The Hall–Kier alpha value is -2.88. The maximum Gasteiger partial charge on any atom is 0.197 e. The van der Waals surface area contributed by atoms with Crippen LogP contribution in [0.4, 0.5) is 0 Å². The lowest BCUT2D eigenvalue weighted by Crippen LogP contribution is -2.05. The molecule has 0 unspecified atom stereocenters. The summed E-state index contributed by atoms with van der Waals surface area (Å²) < 4.78 is 11.5. The lowest BCUT2D eigenvalue weighted by Gasteiger charge is -2.10. The van der Waals surface area contributed by atoms with Crippen LogP contribution in [-0.2, 0) is 6.42 Å². The summed E-state index contributed by atoms with van der Waals surface area (Å²) in [6.45, 7) is 4.43. The summed E-state index contributed by atoms with van der Waals surface area (Å²) in [5, 5.41) is 0. The number of benzene rings is 2. The Bertz CT molecular complexity index is 886. The number of carbonyl (C=O) groups is 2. The molecule has 0 bridgehead atoms. The smallest absolute Gasteiger partial charge is 0.197 e. The highest BCUT2D eigenvalue weighted by atomic mass is 16.5. The van der Waals surface area contributed by atoms with Crippen LogP contribution in [0.15, 0.2) is 42.0 Å². The molecule has 0 N–H and O–H groups in total. The quantitative estimate of drug-likeness (QED) is 0.631. The van der Waals surface area contributed by atoms with Crippen molar-refractivity contribution in [3.8, 4) is 11.5 Å². The molecule has 1 atom stereocenters. The molecule has 2 aromatic rings. The third-order valence-corrected chi connectivity index (χ3v) is 4.53. The first-order valence-corrected chi connectivity index (χ1v) is 8.45. The van der Waals surface area contributed by atoms with Crippen LogP contribution in [0.5, 0.6) is 11.5 Å². The van der Waals surface area contributed by atoms with E-state index in [-0.39, 0.29) is 23.2 Å². The molecule has 2 aromatic carbocycles. The van der Waals surface area contributed by atoms with E-state index in [1.807, 2.05) is 26.0 Å². The molecule has 4 rings (SSSR count). The first kappa shape index (κ1) is 15.6. The second-order valence-corrected chi connectivity index (χ2v) is 6.33. The molecule has 1 aliphatic carbocycles. The van der Waals surface area contributed by atoms with Crippen molar-refractivity contribution < 1.29 is 19.1 Å². The Morgan fingerprint density at radius 2 is 1.84 bits per heavy atom. The Labute approximate surface area is 146 Å². The first-order chi connectivity index (χ1) is 12.1. The maximum atomic E-state index is 12.6. The normalized spacial score (nSPS) is 18.0. The van der Waals surface area contributed by atoms with Crippen molar-refractivity contribution in [3.63, 3.8) is 0 Å². The fourth-order valence-corrected chi connectivity index (χ4v) is 3.41. The Kier molecular flexibility index (Phi) is 3.68. The van der Waals surface area contributed by atoms with E-state index in [1.165, 1.54) is 0 Å². The summed E-state index contributed by atoms with van der Waals surface area (Å²) in [6, 6.07) is 10.7. The number of carbonyl (C=O) groups excluding carboxylic acids is 2. The lowest BCUT2D eigenvalue weighted by atomic mass is 10.0. The van der Waals surface area contributed by atoms with E-state index in [4.69, 9.17) is 9.47 Å². The minimum atomic E-state index is -0.238. The van der Waals surface area contributed by atoms with Gasteiger partial charge in [-0.15, -0.1) is 0 Å². The van der Waals surface area contributed by atoms with Gasteiger partial charge in [0.25, 0.3) is 0 Å². The number of allylic oxidation sites excluding steroid dienone is 1. The summed E-state index contributed by atoms with van der Waals surface area (Å²) in [5.74, 6) is 0.983. The molecule has 4 nitrogen and oxygen atoms in total. The lowest BCUT2D eigenvalue weighted by molar-refractivity contribution is 0.0990. The summed E-state index contributed by atoms with van der Waals surface area (Å²) >= 11 is 0. The van der Waals surface area contributed by atoms with Gasteiger partial charge in [0.2, 0.25) is 0 Å². The van der Waals surface area contributed by atoms with Crippen LogP contribution < -0.4 is 9.47 Å². The van der Waals surface area contributed by atoms with Gasteiger partial charge >= 0.3 is 0 Å². The number of hydrogen-bond donors (Lipinski definition) is 0. The molecule has 0 fully saturated rings. The van der Waals surface area contributed by atoms with Gasteiger partial charge in [-0.25, -0.2) is 0 Å². The molecular weight excluding hydrogens is 316 g/mol. The van der Waals surface area contributed by atoms with Crippen molar-refractivity contribution in [3.05, 3.63) is 64.2 Å². The van der Waals surface area contributed by atoms with Crippen molar-refractivity contribution in [1.82, 2.24) is 0 Å². The summed E-state index contributed by atoms with van der Waals surface area (Å²) in [5.41, 5.74) is 2.88. The molecule has 126 valence electrons.